The molecule has 756 valence electrons. The fourth-order valence-corrected chi connectivity index (χ4v) is 13.2. The normalized spacial score (nSPS) is 16.5. The lowest BCUT2D eigenvalue weighted by atomic mass is 9.95. The Bertz CT molecular complexity index is 4020. The summed E-state index contributed by atoms with van der Waals surface area (Å²) in [5.41, 5.74) is -0.0709. The largest absolute Gasteiger partial charge is 0.479 e. The molecular weight excluding hydrogens is 1780 g/mol. The summed E-state index contributed by atoms with van der Waals surface area (Å²) >= 11 is 0. The van der Waals surface area contributed by atoms with Gasteiger partial charge in [-0.15, -0.1) is 0 Å². The molecule has 1 aromatic heterocycles. The van der Waals surface area contributed by atoms with Crippen LogP contribution in [-0.4, -0.2) is 372 Å². The van der Waals surface area contributed by atoms with E-state index < -0.39 is 128 Å². The molecule has 0 radical (unpaired) electrons. The van der Waals surface area contributed by atoms with E-state index in [1.807, 2.05) is 0 Å². The second-order valence-corrected chi connectivity index (χ2v) is 32.1. The summed E-state index contributed by atoms with van der Waals surface area (Å²) < 4.78 is 87.4. The van der Waals surface area contributed by atoms with Crippen LogP contribution in [0.5, 0.6) is 5.75 Å². The van der Waals surface area contributed by atoms with Gasteiger partial charge in [0.1, 0.15) is 48.4 Å². The first-order valence-corrected chi connectivity index (χ1v) is 45.6. The number of nitrogens with zero attached hydrogens (tertiary/aromatic N) is 4. The zero-order valence-corrected chi connectivity index (χ0v) is 77.9. The molecule has 2 fully saturated rings. The Balaban J connectivity index is 0.934. The maximum absolute atomic E-state index is 14.3. The third-order valence-electron chi connectivity index (χ3n) is 20.3. The van der Waals surface area contributed by atoms with Gasteiger partial charge < -0.3 is 138 Å². The third-order valence-corrected chi connectivity index (χ3v) is 20.3. The summed E-state index contributed by atoms with van der Waals surface area (Å²) in [6.45, 7) is 13.0. The topological polar surface area (TPSA) is 562 Å². The molecule has 45 heteroatoms. The number of carboxylic acid groups (broad SMARTS) is 1. The number of benzene rings is 2. The number of methoxy groups -OCH3 is 1. The highest BCUT2D eigenvalue weighted by atomic mass is 16.7. The molecule has 2 aliphatic heterocycles. The van der Waals surface area contributed by atoms with E-state index in [4.69, 9.17) is 80.6 Å². The van der Waals surface area contributed by atoms with Gasteiger partial charge in [0.2, 0.25) is 35.8 Å². The second kappa shape index (κ2) is 67.0. The van der Waals surface area contributed by atoms with Crippen molar-refractivity contribution in [3.63, 3.8) is 0 Å². The van der Waals surface area contributed by atoms with Crippen molar-refractivity contribution in [1.29, 1.82) is 0 Å². The van der Waals surface area contributed by atoms with Gasteiger partial charge in [0.25, 0.3) is 17.7 Å². The molecule has 0 spiro atoms. The Labute approximate surface area is 785 Å². The molecule has 3 aliphatic rings. The van der Waals surface area contributed by atoms with Crippen LogP contribution in [0.2, 0.25) is 0 Å². The number of aromatic nitrogens is 1. The number of rotatable bonds is 71. The summed E-state index contributed by atoms with van der Waals surface area (Å²) in [7, 11) is 3.19. The number of unbranched alkanes of at least 4 members (excludes halogenated alkanes) is 4. The highest BCUT2D eigenvalue weighted by Gasteiger charge is 2.48. The molecule has 12 amide bonds. The summed E-state index contributed by atoms with van der Waals surface area (Å²) in [5.74, 6) is -7.32. The number of pyridine rings is 1. The van der Waals surface area contributed by atoms with Gasteiger partial charge in [-0.3, -0.25) is 58.4 Å². The minimum atomic E-state index is -2.06. The van der Waals surface area contributed by atoms with E-state index in [0.717, 1.165) is 63.5 Å². The standard InChI is InChI=1S/C90H138N12O33/c1-90(2,3)135-88(117)95-62-72(101-75(105)24-25-76(101)106)83(112)99-70(20-12-14-30-92-73(103)29-36-120-40-41-122-44-45-124-48-49-126-52-53-128-56-57-130-59-58-129-55-54-127-51-50-125-47-46-123-43-42-121-39-38-119-5)82(111)93-34-28-74(104)98-71-61-69(133-86-80(110)78(108)79(109)81(134-86)85(114)115)23-22-65(71)63-131-89(118)97-67-17-15-16-64(60-67)84(113)100(4)35-37-132-102(68-18-9-8-10-19-68)77(107)21-11-6-7-13-31-94-87(116)96-66-26-32-91-33-27-66/h15-17,22-27,32-33,60-61,68,70,72,78-81,86,108-110H,6-14,18-21,28-31,34-59,62-63H2,1-5H3,(H,92,103)(H,93,111)(H,95,117)(H,97,118)(H,98,104)(H,99,112)(H,114,115)(H2,91,94,96,116)/t70-,72-,78-,79-,80+,81-,86+/m0/s1. The molecule has 1 aliphatic carbocycles. The van der Waals surface area contributed by atoms with E-state index in [9.17, 15) is 78.0 Å². The Morgan fingerprint density at radius 1 is 0.541 bits per heavy atom. The number of aliphatic hydroxyl groups is 3. The number of nitrogens with one attached hydrogen (secondary N) is 8. The zero-order chi connectivity index (χ0) is 97.6. The van der Waals surface area contributed by atoms with Crippen LogP contribution in [-0.2, 0) is 121 Å². The van der Waals surface area contributed by atoms with Crippen molar-refractivity contribution in [2.75, 3.05) is 221 Å². The molecule has 3 aromatic rings. The number of aliphatic carboxylic acids is 1. The van der Waals surface area contributed by atoms with Crippen molar-refractivity contribution < 1.29 is 159 Å². The number of ether oxygens (including phenoxy) is 16. The Kier molecular flexibility index (Phi) is 56.3. The second-order valence-electron chi connectivity index (χ2n) is 32.1. The van der Waals surface area contributed by atoms with Gasteiger partial charge in [0, 0.05) is 113 Å². The van der Waals surface area contributed by atoms with Crippen molar-refractivity contribution >= 4 is 88.5 Å². The van der Waals surface area contributed by atoms with E-state index in [2.05, 4.69) is 47.5 Å². The van der Waals surface area contributed by atoms with Crippen LogP contribution < -0.4 is 47.3 Å². The summed E-state index contributed by atoms with van der Waals surface area (Å²) in [6.07, 6.45) is 0.390. The zero-order valence-electron chi connectivity index (χ0n) is 77.9. The average molecular weight is 1920 g/mol. The quantitative estimate of drug-likeness (QED) is 0.0219. The van der Waals surface area contributed by atoms with Gasteiger partial charge in [0.15, 0.2) is 6.10 Å². The van der Waals surface area contributed by atoms with Crippen LogP contribution in [0.15, 0.2) is 79.1 Å². The highest BCUT2D eigenvalue weighted by Crippen LogP contribution is 2.30. The average Bonchev–Trinajstić information content (AvgIpc) is 1.76. The van der Waals surface area contributed by atoms with Crippen molar-refractivity contribution in [2.45, 2.75) is 178 Å². The SMILES string of the molecule is COCCOCCOCCOCCOCCOCCOCCOCCOCCOCCOCCOCCC(=O)NCCCC[C@H](NC(=O)[C@H](CNC(=O)OC(C)(C)C)N1C(=O)C=CC1=O)C(=O)NCCC(=O)Nc1cc(O[C@@H]2O[C@H](C(=O)O)[C@@H](O)[C@H](O)[C@H]2O)ccc1COC(=O)Nc1cccc(C(=O)N(C)CCON(C(=O)CCCCCCNC(=O)Nc2ccncc2)C2CCCCC2)c1. The first-order valence-electron chi connectivity index (χ1n) is 45.6. The predicted octanol–water partition coefficient (Wildman–Crippen LogP) is 3.29. The van der Waals surface area contributed by atoms with Gasteiger partial charge in [-0.1, -0.05) is 38.2 Å². The number of imide groups is 1. The first-order chi connectivity index (χ1) is 65.2. The van der Waals surface area contributed by atoms with Crippen LogP contribution in [0.4, 0.5) is 31.4 Å². The van der Waals surface area contributed by atoms with Gasteiger partial charge in [-0.05, 0) is 108 Å². The molecule has 0 bridgehead atoms. The monoisotopic (exact) mass is 1910 g/mol. The molecular formula is C90H138N12O33. The molecule has 1 saturated heterocycles. The lowest BCUT2D eigenvalue weighted by Crippen LogP contribution is -2.61. The van der Waals surface area contributed by atoms with E-state index in [1.165, 1.54) is 52.4 Å². The van der Waals surface area contributed by atoms with Gasteiger partial charge in [0.05, 0.1) is 177 Å². The van der Waals surface area contributed by atoms with Crippen LogP contribution in [0.1, 0.15) is 133 Å². The number of aliphatic hydroxyl groups excluding tert-OH is 3. The molecule has 3 heterocycles. The number of likely N-dealkylation sites (N-methyl/N-ethyl adjacent to an activating group) is 1. The number of carbonyl (C=O) groups is 12. The van der Waals surface area contributed by atoms with Gasteiger partial charge in [-0.25, -0.2) is 24.2 Å². The maximum atomic E-state index is 14.3. The number of anilines is 3. The number of hydrogen-bond donors (Lipinski definition) is 12. The molecule has 135 heavy (non-hydrogen) atoms. The van der Waals surface area contributed by atoms with Crippen molar-refractivity contribution in [3.8, 4) is 5.75 Å². The number of carbonyl (C=O) groups excluding carboxylic acids is 11. The Morgan fingerprint density at radius 3 is 1.67 bits per heavy atom. The molecule has 0 unspecified atom stereocenters. The van der Waals surface area contributed by atoms with E-state index >= 15 is 0 Å². The summed E-state index contributed by atoms with van der Waals surface area (Å²) in [5, 5.41) is 64.0. The smallest absolute Gasteiger partial charge is 0.411 e. The molecule has 45 nitrogen and oxygen atoms in total. The molecule has 1 saturated carbocycles. The minimum absolute atomic E-state index is 0.00250. The van der Waals surface area contributed by atoms with Crippen molar-refractivity contribution in [1.82, 2.24) is 46.4 Å². The van der Waals surface area contributed by atoms with Crippen LogP contribution in [0, 0.1) is 0 Å². The first kappa shape index (κ1) is 113. The molecule has 12 N–H and O–H groups in total. The minimum Gasteiger partial charge on any atom is -0.479 e. The molecule has 2 aromatic carbocycles. The van der Waals surface area contributed by atoms with Crippen molar-refractivity contribution in [2.24, 2.45) is 0 Å². The van der Waals surface area contributed by atoms with Crippen LogP contribution in [0.3, 0.4) is 0 Å². The molecule has 6 rings (SSSR count). The number of amides is 12. The maximum Gasteiger partial charge on any atom is 0.411 e. The van der Waals surface area contributed by atoms with Crippen LogP contribution >= 0.6 is 0 Å². The number of carboxylic acids is 1. The summed E-state index contributed by atoms with van der Waals surface area (Å²) in [4.78, 5) is 172. The lowest BCUT2D eigenvalue weighted by Gasteiger charge is -2.38. The third kappa shape index (κ3) is 47.8. The fourth-order valence-electron chi connectivity index (χ4n) is 13.2. The Morgan fingerprint density at radius 2 is 1.10 bits per heavy atom. The number of hydrogen-bond acceptors (Lipinski definition) is 33. The number of urea groups is 1. The van der Waals surface area contributed by atoms with E-state index in [1.54, 1.807) is 59.5 Å². The van der Waals surface area contributed by atoms with Crippen LogP contribution in [0.25, 0.3) is 0 Å². The van der Waals surface area contributed by atoms with E-state index in [-0.39, 0.29) is 124 Å². The number of hydroxylamine groups is 2. The molecule has 7 atom stereocenters. The van der Waals surface area contributed by atoms with Crippen molar-refractivity contribution in [3.05, 3.63) is 90.3 Å². The van der Waals surface area contributed by atoms with E-state index in [0.29, 0.717) is 156 Å². The highest BCUT2D eigenvalue weighted by molar-refractivity contribution is 6.15. The number of alkyl carbamates (subject to hydrolysis) is 1. The van der Waals surface area contributed by atoms with Gasteiger partial charge in [-0.2, -0.15) is 0 Å². The fraction of sp³-hybridized carbons (Fsp3) is 0.656. The Hall–Kier alpha value is -10.3. The lowest BCUT2D eigenvalue weighted by molar-refractivity contribution is -0.271. The summed E-state index contributed by atoms with van der Waals surface area (Å²) in [6, 6.07) is 9.53. The predicted molar refractivity (Wildman–Crippen MR) is 482 cm³/mol. The van der Waals surface area contributed by atoms with Gasteiger partial charge >= 0.3 is 24.2 Å².